The van der Waals surface area contributed by atoms with E-state index in [0.29, 0.717) is 24.5 Å². The molecule has 0 spiro atoms. The predicted octanol–water partition coefficient (Wildman–Crippen LogP) is 6.13. The fourth-order valence-corrected chi connectivity index (χ4v) is 5.11. The van der Waals surface area contributed by atoms with Crippen molar-refractivity contribution in [1.29, 1.82) is 0 Å². The number of methoxy groups -OCH3 is 1. The topological polar surface area (TPSA) is 74.9 Å². The summed E-state index contributed by atoms with van der Waals surface area (Å²) in [5, 5.41) is 4.57. The van der Waals surface area contributed by atoms with E-state index in [1.165, 1.54) is 12.0 Å². The summed E-state index contributed by atoms with van der Waals surface area (Å²) in [5.74, 6) is 0.900. The molecule has 1 heterocycles. The maximum absolute atomic E-state index is 13.1. The van der Waals surface area contributed by atoms with E-state index < -0.39 is 6.04 Å². The third kappa shape index (κ3) is 5.94. The molecular weight excluding hydrogens is 502 g/mol. The van der Waals surface area contributed by atoms with Crippen LogP contribution in [0.5, 0.6) is 11.5 Å². The Kier molecular flexibility index (Phi) is 8.01. The standard InChI is InChI=1S/C33H33N3O4/c1-23(37)35(21-27-12-6-9-15-33(27)39-3)22-29(18-28-20-34-32-14-8-7-13-31(28)32)36(24(2)38)40-30-17-16-25-10-4-5-11-26(25)19-30/h4-17,19-20,29,34H,18,21-22H2,1-3H3. The number of benzene rings is 4. The van der Waals surface area contributed by atoms with Crippen LogP contribution in [0.25, 0.3) is 21.7 Å². The van der Waals surface area contributed by atoms with Gasteiger partial charge in [-0.1, -0.05) is 66.7 Å². The summed E-state index contributed by atoms with van der Waals surface area (Å²) in [4.78, 5) is 37.4. The summed E-state index contributed by atoms with van der Waals surface area (Å²) in [5.41, 5.74) is 2.93. The molecule has 0 fully saturated rings. The van der Waals surface area contributed by atoms with E-state index in [-0.39, 0.29) is 18.4 Å². The molecule has 204 valence electrons. The highest BCUT2D eigenvalue weighted by Gasteiger charge is 2.29. The number of ether oxygens (including phenoxy) is 1. The quantitative estimate of drug-likeness (QED) is 0.218. The average molecular weight is 536 g/mol. The summed E-state index contributed by atoms with van der Waals surface area (Å²) in [6.45, 7) is 3.63. The minimum absolute atomic E-state index is 0.107. The lowest BCUT2D eigenvalue weighted by atomic mass is 10.0. The molecule has 0 aliphatic carbocycles. The molecule has 0 aliphatic rings. The Labute approximate surface area is 233 Å². The molecule has 4 aromatic carbocycles. The molecule has 0 aliphatic heterocycles. The third-order valence-corrected chi connectivity index (χ3v) is 7.13. The molecular formula is C33H33N3O4. The molecule has 0 bridgehead atoms. The second-order valence-electron chi connectivity index (χ2n) is 9.87. The highest BCUT2D eigenvalue weighted by atomic mass is 16.7. The lowest BCUT2D eigenvalue weighted by Crippen LogP contribution is -2.50. The number of nitrogens with zero attached hydrogens (tertiary/aromatic N) is 2. The SMILES string of the molecule is COc1ccccc1CN(CC(Cc1c[nH]c2ccccc12)N(Oc1ccc2ccccc2c1)C(C)=O)C(C)=O. The van der Waals surface area contributed by atoms with Crippen molar-refractivity contribution in [1.82, 2.24) is 14.9 Å². The minimum Gasteiger partial charge on any atom is -0.496 e. The van der Waals surface area contributed by atoms with Gasteiger partial charge in [0.15, 0.2) is 5.75 Å². The number of carbonyl (C=O) groups excluding carboxylic acids is 2. The Bertz CT molecular complexity index is 1640. The smallest absolute Gasteiger partial charge is 0.252 e. The van der Waals surface area contributed by atoms with Gasteiger partial charge in [0.2, 0.25) is 5.91 Å². The van der Waals surface area contributed by atoms with Crippen molar-refractivity contribution in [3.05, 3.63) is 108 Å². The number of hydrogen-bond donors (Lipinski definition) is 1. The van der Waals surface area contributed by atoms with Gasteiger partial charge in [-0.3, -0.25) is 9.59 Å². The van der Waals surface area contributed by atoms with Gasteiger partial charge in [0.1, 0.15) is 5.75 Å². The zero-order valence-corrected chi connectivity index (χ0v) is 23.0. The number of rotatable bonds is 10. The Balaban J connectivity index is 1.50. The summed E-state index contributed by atoms with van der Waals surface area (Å²) < 4.78 is 5.53. The molecule has 1 unspecified atom stereocenters. The van der Waals surface area contributed by atoms with Crippen LogP contribution in [0.3, 0.4) is 0 Å². The average Bonchev–Trinajstić information content (AvgIpc) is 3.37. The van der Waals surface area contributed by atoms with Gasteiger partial charge in [0.05, 0.1) is 13.2 Å². The maximum atomic E-state index is 13.1. The highest BCUT2D eigenvalue weighted by Crippen LogP contribution is 2.26. The Morgan fingerprint density at radius 2 is 1.55 bits per heavy atom. The van der Waals surface area contributed by atoms with Gasteiger partial charge in [-0.25, -0.2) is 0 Å². The van der Waals surface area contributed by atoms with Crippen LogP contribution in [-0.4, -0.2) is 46.5 Å². The number of nitrogens with one attached hydrogen (secondary N) is 1. The maximum Gasteiger partial charge on any atom is 0.252 e. The largest absolute Gasteiger partial charge is 0.496 e. The number of aromatic amines is 1. The Hall–Kier alpha value is -4.78. The van der Waals surface area contributed by atoms with Gasteiger partial charge in [0, 0.05) is 56.0 Å². The zero-order valence-electron chi connectivity index (χ0n) is 23.0. The number of hydrogen-bond acceptors (Lipinski definition) is 4. The predicted molar refractivity (Wildman–Crippen MR) is 157 cm³/mol. The lowest BCUT2D eigenvalue weighted by molar-refractivity contribution is -0.166. The van der Waals surface area contributed by atoms with Gasteiger partial charge < -0.3 is 19.5 Å². The van der Waals surface area contributed by atoms with Crippen LogP contribution in [-0.2, 0) is 22.6 Å². The molecule has 0 saturated carbocycles. The van der Waals surface area contributed by atoms with E-state index in [9.17, 15) is 9.59 Å². The molecule has 1 aromatic heterocycles. The lowest BCUT2D eigenvalue weighted by Gasteiger charge is -2.34. The van der Waals surface area contributed by atoms with Gasteiger partial charge in [-0.15, -0.1) is 0 Å². The summed E-state index contributed by atoms with van der Waals surface area (Å²) >= 11 is 0. The van der Waals surface area contributed by atoms with E-state index in [2.05, 4.69) is 11.1 Å². The summed E-state index contributed by atoms with van der Waals surface area (Å²) in [6.07, 6.45) is 2.44. The number of carbonyl (C=O) groups is 2. The van der Waals surface area contributed by atoms with Crippen molar-refractivity contribution in [3.63, 3.8) is 0 Å². The number of hydroxylamine groups is 2. The fraction of sp³-hybridized carbons (Fsp3) is 0.212. The van der Waals surface area contributed by atoms with Crippen molar-refractivity contribution < 1.29 is 19.2 Å². The molecule has 0 saturated heterocycles. The molecule has 7 nitrogen and oxygen atoms in total. The van der Waals surface area contributed by atoms with Crippen molar-refractivity contribution in [2.45, 2.75) is 32.9 Å². The van der Waals surface area contributed by atoms with E-state index in [1.807, 2.05) is 91.1 Å². The van der Waals surface area contributed by atoms with Crippen molar-refractivity contribution in [2.24, 2.45) is 0 Å². The van der Waals surface area contributed by atoms with Crippen LogP contribution in [0.15, 0.2) is 97.2 Å². The first kappa shape index (κ1) is 26.8. The van der Waals surface area contributed by atoms with Crippen LogP contribution >= 0.6 is 0 Å². The third-order valence-electron chi connectivity index (χ3n) is 7.13. The molecule has 40 heavy (non-hydrogen) atoms. The molecule has 5 rings (SSSR count). The van der Waals surface area contributed by atoms with E-state index in [0.717, 1.165) is 32.8 Å². The van der Waals surface area contributed by atoms with Gasteiger partial charge in [-0.2, -0.15) is 5.06 Å². The summed E-state index contributed by atoms with van der Waals surface area (Å²) in [7, 11) is 1.62. The first-order valence-electron chi connectivity index (χ1n) is 13.3. The highest BCUT2D eigenvalue weighted by molar-refractivity contribution is 5.84. The second kappa shape index (κ2) is 11.9. The van der Waals surface area contributed by atoms with Crippen LogP contribution in [0.1, 0.15) is 25.0 Å². The van der Waals surface area contributed by atoms with E-state index >= 15 is 0 Å². The zero-order chi connectivity index (χ0) is 28.1. The molecule has 2 amide bonds. The molecule has 1 N–H and O–H groups in total. The van der Waals surface area contributed by atoms with Gasteiger partial charge >= 0.3 is 0 Å². The monoisotopic (exact) mass is 535 g/mol. The van der Waals surface area contributed by atoms with Crippen LogP contribution in [0.2, 0.25) is 0 Å². The molecule has 0 radical (unpaired) electrons. The normalized spacial score (nSPS) is 11.8. The second-order valence-corrected chi connectivity index (χ2v) is 9.87. The number of para-hydroxylation sites is 2. The first-order valence-corrected chi connectivity index (χ1v) is 13.3. The van der Waals surface area contributed by atoms with Crippen LogP contribution in [0, 0.1) is 0 Å². The number of H-pyrrole nitrogens is 1. The van der Waals surface area contributed by atoms with Crippen molar-refractivity contribution in [2.75, 3.05) is 13.7 Å². The Morgan fingerprint density at radius 1 is 0.825 bits per heavy atom. The summed E-state index contributed by atoms with van der Waals surface area (Å²) in [6, 6.07) is 29.0. The molecule has 5 aromatic rings. The van der Waals surface area contributed by atoms with Crippen molar-refractivity contribution >= 4 is 33.5 Å². The number of fused-ring (bicyclic) bond motifs is 2. The van der Waals surface area contributed by atoms with Crippen LogP contribution < -0.4 is 9.57 Å². The van der Waals surface area contributed by atoms with Crippen molar-refractivity contribution in [3.8, 4) is 11.5 Å². The van der Waals surface area contributed by atoms with E-state index in [1.54, 1.807) is 18.9 Å². The first-order chi connectivity index (χ1) is 19.4. The fourth-order valence-electron chi connectivity index (χ4n) is 5.11. The number of aromatic nitrogens is 1. The molecule has 7 heteroatoms. The van der Waals surface area contributed by atoms with Crippen LogP contribution in [0.4, 0.5) is 0 Å². The van der Waals surface area contributed by atoms with Gasteiger partial charge in [-0.05, 0) is 40.6 Å². The minimum atomic E-state index is -0.471. The molecule has 1 atom stereocenters. The van der Waals surface area contributed by atoms with Gasteiger partial charge in [0.25, 0.3) is 5.91 Å². The number of amides is 2. The Morgan fingerprint density at radius 3 is 2.33 bits per heavy atom. The van der Waals surface area contributed by atoms with E-state index in [4.69, 9.17) is 9.57 Å².